The monoisotopic (exact) mass is 424 g/mol. The molecule has 28 heavy (non-hydrogen) atoms. The fourth-order valence-corrected chi connectivity index (χ4v) is 7.95. The van der Waals surface area contributed by atoms with Gasteiger partial charge in [-0.05, 0) is 30.5 Å². The highest BCUT2D eigenvalue weighted by Gasteiger charge is 2.49. The van der Waals surface area contributed by atoms with Crippen LogP contribution >= 0.6 is 11.8 Å². The third-order valence-corrected chi connectivity index (χ3v) is 8.62. The predicted octanol–water partition coefficient (Wildman–Crippen LogP) is 1.19. The molecule has 1 aromatic rings. The van der Waals surface area contributed by atoms with Crippen LogP contribution in [0.5, 0.6) is 11.5 Å². The molecule has 0 aromatic heterocycles. The second kappa shape index (κ2) is 6.93. The number of hydrogen-bond acceptors (Lipinski definition) is 7. The molecule has 3 atom stereocenters. The number of aliphatic imine (C=N–C) groups is 1. The maximum absolute atomic E-state index is 12.5. The van der Waals surface area contributed by atoms with Crippen molar-refractivity contribution >= 4 is 32.7 Å². The molecule has 1 aromatic carbocycles. The van der Waals surface area contributed by atoms with Crippen molar-refractivity contribution in [2.45, 2.75) is 36.8 Å². The Kier molecular flexibility index (Phi) is 4.52. The van der Waals surface area contributed by atoms with E-state index in [-0.39, 0.29) is 35.5 Å². The van der Waals surface area contributed by atoms with Gasteiger partial charge in [0.25, 0.3) is 5.91 Å². The average molecular weight is 425 g/mol. The molecule has 3 saturated heterocycles. The Morgan fingerprint density at radius 3 is 2.93 bits per heavy atom. The number of hydrogen-bond donors (Lipinski definition) is 0. The first-order valence-electron chi connectivity index (χ1n) is 9.25. The standard InChI is InChI=1S/C18H20N2O6S2/c21-17(14-2-1-5-24-14)19-18-20(12-8-28(22,23)9-16(12)27-18)7-11-3-4-13-15(6-11)26-10-25-13/h3-4,6,12,14,16H,1-2,5,7-10H2/t12-,14+,16-/m0/s1. The van der Waals surface area contributed by atoms with Crippen LogP contribution in [-0.4, -0.2) is 66.7 Å². The van der Waals surface area contributed by atoms with Crippen LogP contribution in [0.25, 0.3) is 0 Å². The summed E-state index contributed by atoms with van der Waals surface area (Å²) in [6.07, 6.45) is 1.06. The van der Waals surface area contributed by atoms with E-state index in [1.54, 1.807) is 0 Å². The molecule has 8 nitrogen and oxygen atoms in total. The number of amidine groups is 1. The Balaban J connectivity index is 1.42. The van der Waals surface area contributed by atoms with Gasteiger partial charge >= 0.3 is 0 Å². The molecule has 10 heteroatoms. The van der Waals surface area contributed by atoms with Gasteiger partial charge in [-0.2, -0.15) is 4.99 Å². The van der Waals surface area contributed by atoms with Crippen molar-refractivity contribution < 1.29 is 27.4 Å². The highest BCUT2D eigenvalue weighted by atomic mass is 32.2. The fourth-order valence-electron chi connectivity index (χ4n) is 4.00. The van der Waals surface area contributed by atoms with Crippen molar-refractivity contribution in [1.29, 1.82) is 0 Å². The Morgan fingerprint density at radius 2 is 2.11 bits per heavy atom. The Morgan fingerprint density at radius 1 is 1.25 bits per heavy atom. The van der Waals surface area contributed by atoms with E-state index in [9.17, 15) is 13.2 Å². The summed E-state index contributed by atoms with van der Waals surface area (Å²) >= 11 is 1.39. The molecule has 4 aliphatic rings. The summed E-state index contributed by atoms with van der Waals surface area (Å²) in [5.74, 6) is 1.30. The van der Waals surface area contributed by atoms with Crippen LogP contribution in [-0.2, 0) is 25.9 Å². The van der Waals surface area contributed by atoms with Crippen molar-refractivity contribution in [3.8, 4) is 11.5 Å². The molecular weight excluding hydrogens is 404 g/mol. The normalized spacial score (nSPS) is 31.5. The Hall–Kier alpha value is -1.78. The maximum atomic E-state index is 12.5. The van der Waals surface area contributed by atoms with Gasteiger partial charge in [0.05, 0.1) is 17.5 Å². The van der Waals surface area contributed by atoms with E-state index in [1.807, 2.05) is 23.1 Å². The van der Waals surface area contributed by atoms with Crippen LogP contribution < -0.4 is 9.47 Å². The van der Waals surface area contributed by atoms with Crippen molar-refractivity contribution in [3.63, 3.8) is 0 Å². The molecule has 0 bridgehead atoms. The average Bonchev–Trinajstić information content (AvgIpc) is 3.41. The molecule has 3 fully saturated rings. The second-order valence-electron chi connectivity index (χ2n) is 7.35. The van der Waals surface area contributed by atoms with Crippen LogP contribution in [0.2, 0.25) is 0 Å². The quantitative estimate of drug-likeness (QED) is 0.714. The van der Waals surface area contributed by atoms with Crippen molar-refractivity contribution in [3.05, 3.63) is 23.8 Å². The summed E-state index contributed by atoms with van der Waals surface area (Å²) in [5, 5.41) is 0.484. The van der Waals surface area contributed by atoms with Gasteiger partial charge in [0.2, 0.25) is 6.79 Å². The number of ether oxygens (including phenoxy) is 3. The number of sulfone groups is 1. The van der Waals surface area contributed by atoms with Crippen LogP contribution in [0.15, 0.2) is 23.2 Å². The number of rotatable bonds is 3. The lowest BCUT2D eigenvalue weighted by Gasteiger charge is -2.24. The number of carbonyl (C=O) groups excluding carboxylic acids is 1. The molecule has 0 spiro atoms. The molecular formula is C18H20N2O6S2. The van der Waals surface area contributed by atoms with Crippen molar-refractivity contribution in [2.75, 3.05) is 24.9 Å². The Labute approximate surface area is 167 Å². The molecule has 5 rings (SSSR count). The molecule has 1 amide bonds. The van der Waals surface area contributed by atoms with Crippen molar-refractivity contribution in [2.24, 2.45) is 4.99 Å². The summed E-state index contributed by atoms with van der Waals surface area (Å²) in [6, 6.07) is 5.48. The molecule has 0 aliphatic carbocycles. The zero-order chi connectivity index (χ0) is 19.3. The highest BCUT2D eigenvalue weighted by molar-refractivity contribution is 8.15. The smallest absolute Gasteiger partial charge is 0.277 e. The van der Waals surface area contributed by atoms with Gasteiger partial charge in [-0.15, -0.1) is 0 Å². The zero-order valence-corrected chi connectivity index (χ0v) is 16.7. The van der Waals surface area contributed by atoms with Crippen LogP contribution in [0, 0.1) is 0 Å². The number of fused-ring (bicyclic) bond motifs is 2. The van der Waals surface area contributed by atoms with Crippen molar-refractivity contribution in [1.82, 2.24) is 4.90 Å². The number of amides is 1. The third kappa shape index (κ3) is 3.37. The fraction of sp³-hybridized carbons (Fsp3) is 0.556. The first-order valence-corrected chi connectivity index (χ1v) is 11.9. The number of thioether (sulfide) groups is 1. The largest absolute Gasteiger partial charge is 0.454 e. The maximum Gasteiger partial charge on any atom is 0.277 e. The summed E-state index contributed by atoms with van der Waals surface area (Å²) in [6.45, 7) is 1.24. The lowest BCUT2D eigenvalue weighted by atomic mass is 10.1. The molecule has 0 unspecified atom stereocenters. The van der Waals surface area contributed by atoms with Gasteiger partial charge in [-0.3, -0.25) is 4.79 Å². The van der Waals surface area contributed by atoms with Gasteiger partial charge in [0.15, 0.2) is 26.5 Å². The van der Waals surface area contributed by atoms with E-state index in [2.05, 4.69) is 4.99 Å². The molecule has 4 aliphatic heterocycles. The van der Waals surface area contributed by atoms with Gasteiger partial charge in [-0.25, -0.2) is 8.42 Å². The Bertz CT molecular complexity index is 941. The minimum absolute atomic E-state index is 0.0857. The molecule has 0 radical (unpaired) electrons. The number of carbonyl (C=O) groups is 1. The van der Waals surface area contributed by atoms with Gasteiger partial charge in [-0.1, -0.05) is 17.8 Å². The van der Waals surface area contributed by atoms with E-state index in [0.717, 1.165) is 12.0 Å². The van der Waals surface area contributed by atoms with Crippen LogP contribution in [0.4, 0.5) is 0 Å². The molecule has 4 heterocycles. The van der Waals surface area contributed by atoms with E-state index in [4.69, 9.17) is 14.2 Å². The van der Waals surface area contributed by atoms with E-state index < -0.39 is 15.9 Å². The van der Waals surface area contributed by atoms with E-state index in [0.29, 0.717) is 36.2 Å². The van der Waals surface area contributed by atoms with Gasteiger partial charge < -0.3 is 19.1 Å². The van der Waals surface area contributed by atoms with Crippen LogP contribution in [0.1, 0.15) is 18.4 Å². The van der Waals surface area contributed by atoms with Gasteiger partial charge in [0.1, 0.15) is 6.10 Å². The third-order valence-electron chi connectivity index (χ3n) is 5.38. The molecule has 150 valence electrons. The topological polar surface area (TPSA) is 94.5 Å². The lowest BCUT2D eigenvalue weighted by Crippen LogP contribution is -2.37. The van der Waals surface area contributed by atoms with Crippen LogP contribution in [0.3, 0.4) is 0 Å². The number of nitrogens with zero attached hydrogens (tertiary/aromatic N) is 2. The summed E-state index contributed by atoms with van der Waals surface area (Å²) in [5.41, 5.74) is 0.951. The first kappa shape index (κ1) is 18.3. The molecule has 0 saturated carbocycles. The summed E-state index contributed by atoms with van der Waals surface area (Å²) in [4.78, 5) is 18.8. The highest BCUT2D eigenvalue weighted by Crippen LogP contribution is 2.40. The predicted molar refractivity (Wildman–Crippen MR) is 103 cm³/mol. The van der Waals surface area contributed by atoms with Gasteiger partial charge in [0, 0.05) is 18.4 Å². The lowest BCUT2D eigenvalue weighted by molar-refractivity contribution is -0.126. The SMILES string of the molecule is O=C(N=C1S[C@H]2CS(=O)(=O)C[C@@H]2N1Cc1ccc2c(c1)OCO2)[C@H]1CCCO1. The minimum Gasteiger partial charge on any atom is -0.454 e. The van der Waals surface area contributed by atoms with E-state index in [1.165, 1.54) is 11.8 Å². The second-order valence-corrected chi connectivity index (χ2v) is 10.7. The summed E-state index contributed by atoms with van der Waals surface area (Å²) in [7, 11) is -3.08. The number of benzene rings is 1. The van der Waals surface area contributed by atoms with E-state index >= 15 is 0 Å². The summed E-state index contributed by atoms with van der Waals surface area (Å²) < 4.78 is 40.5. The first-order chi connectivity index (χ1) is 13.5. The zero-order valence-electron chi connectivity index (χ0n) is 15.1. The minimum atomic E-state index is -3.08. The molecule has 0 N–H and O–H groups in total.